The highest BCUT2D eigenvalue weighted by atomic mass is 16.1. The predicted molar refractivity (Wildman–Crippen MR) is 86.9 cm³/mol. The highest BCUT2D eigenvalue weighted by molar-refractivity contribution is 5.74. The van der Waals surface area contributed by atoms with E-state index in [4.69, 9.17) is 0 Å². The number of aryl methyl sites for hydroxylation is 4. The van der Waals surface area contributed by atoms with Gasteiger partial charge in [0.1, 0.15) is 0 Å². The number of carbonyl (C=O) groups is 1. The molecule has 2 aromatic rings. The predicted octanol–water partition coefficient (Wildman–Crippen LogP) is 3.18. The zero-order valence-electron chi connectivity index (χ0n) is 12.3. The third-order valence-electron chi connectivity index (χ3n) is 4.20. The van der Waals surface area contributed by atoms with Crippen LogP contribution in [0.15, 0.2) is 36.4 Å². The van der Waals surface area contributed by atoms with E-state index in [2.05, 4.69) is 47.0 Å². The molecule has 2 N–H and O–H groups in total. The van der Waals surface area contributed by atoms with Crippen LogP contribution in [0.5, 0.6) is 0 Å². The highest BCUT2D eigenvalue weighted by Crippen LogP contribution is 2.25. The molecule has 0 aromatic heterocycles. The van der Waals surface area contributed by atoms with Crippen molar-refractivity contribution in [2.75, 3.05) is 17.7 Å². The summed E-state index contributed by atoms with van der Waals surface area (Å²) in [5.74, 6) is 0. The molecule has 2 aromatic carbocycles. The molecule has 3 heteroatoms. The molecule has 1 amide bonds. The number of rotatable bonds is 3. The van der Waals surface area contributed by atoms with Gasteiger partial charge in [0.15, 0.2) is 0 Å². The van der Waals surface area contributed by atoms with Crippen molar-refractivity contribution < 1.29 is 4.79 Å². The summed E-state index contributed by atoms with van der Waals surface area (Å²) in [6.45, 7) is 0. The van der Waals surface area contributed by atoms with Gasteiger partial charge < -0.3 is 10.6 Å². The van der Waals surface area contributed by atoms with Crippen LogP contribution in [-0.2, 0) is 30.5 Å². The summed E-state index contributed by atoms with van der Waals surface area (Å²) in [7, 11) is 1.98. The normalized spacial score (nSPS) is 13.4. The Morgan fingerprint density at radius 3 is 2.00 bits per heavy atom. The smallest absolute Gasteiger partial charge is 0.211 e. The van der Waals surface area contributed by atoms with E-state index in [1.807, 2.05) is 7.05 Å². The monoisotopic (exact) mass is 280 g/mol. The first-order chi connectivity index (χ1) is 10.3. The largest absolute Gasteiger partial charge is 0.388 e. The molecule has 4 aliphatic rings. The Labute approximate surface area is 125 Å². The van der Waals surface area contributed by atoms with Crippen LogP contribution in [0, 0.1) is 0 Å². The van der Waals surface area contributed by atoms with Gasteiger partial charge in [-0.05, 0) is 60.1 Å². The summed E-state index contributed by atoms with van der Waals surface area (Å²) in [5.41, 5.74) is 7.30. The molecule has 0 radical (unpaired) electrons. The topological polar surface area (TPSA) is 41.1 Å². The molecule has 21 heavy (non-hydrogen) atoms. The van der Waals surface area contributed by atoms with Crippen molar-refractivity contribution >= 4 is 17.8 Å². The zero-order chi connectivity index (χ0) is 14.7. The molecule has 0 aliphatic heterocycles. The van der Waals surface area contributed by atoms with Crippen LogP contribution < -0.4 is 10.6 Å². The molecule has 108 valence electrons. The lowest BCUT2D eigenvalue weighted by Gasteiger charge is -2.16. The lowest BCUT2D eigenvalue weighted by Crippen LogP contribution is -2.05. The Morgan fingerprint density at radius 1 is 0.857 bits per heavy atom. The summed E-state index contributed by atoms with van der Waals surface area (Å²) in [5, 5.41) is 6.15. The Hall–Kier alpha value is -2.29. The van der Waals surface area contributed by atoms with E-state index in [1.54, 1.807) is 0 Å². The highest BCUT2D eigenvalue weighted by Gasteiger charge is 2.09. The van der Waals surface area contributed by atoms with Gasteiger partial charge in [-0.2, -0.15) is 0 Å². The van der Waals surface area contributed by atoms with Crippen molar-refractivity contribution in [3.8, 4) is 0 Å². The number of nitrogens with one attached hydrogen (secondary N) is 2. The maximum absolute atomic E-state index is 10.8. The van der Waals surface area contributed by atoms with E-state index in [0.29, 0.717) is 0 Å². The number of hydrogen-bond acceptors (Lipinski definition) is 2. The molecule has 4 bridgehead atoms. The van der Waals surface area contributed by atoms with Crippen LogP contribution in [0.3, 0.4) is 0 Å². The summed E-state index contributed by atoms with van der Waals surface area (Å²) in [6.07, 6.45) is 4.64. The Balaban J connectivity index is 2.00. The maximum atomic E-state index is 10.8. The van der Waals surface area contributed by atoms with E-state index in [-0.39, 0.29) is 0 Å². The van der Waals surface area contributed by atoms with E-state index in [0.717, 1.165) is 37.8 Å². The molecule has 4 aliphatic carbocycles. The molecule has 0 atom stereocenters. The third kappa shape index (κ3) is 2.92. The third-order valence-corrected chi connectivity index (χ3v) is 4.20. The minimum absolute atomic E-state index is 0.765. The number of hydrogen-bond donors (Lipinski definition) is 2. The van der Waals surface area contributed by atoms with E-state index in [1.165, 1.54) is 27.9 Å². The van der Waals surface area contributed by atoms with Gasteiger partial charge in [0.2, 0.25) is 6.41 Å². The summed E-state index contributed by atoms with van der Waals surface area (Å²) in [4.78, 5) is 10.8. The Kier molecular flexibility index (Phi) is 3.91. The van der Waals surface area contributed by atoms with Gasteiger partial charge in [0.05, 0.1) is 0 Å². The molecule has 6 rings (SSSR count). The first kappa shape index (κ1) is 13.7. The minimum atomic E-state index is 0.765. The standard InChI is InChI=1S/C18H20N2O/c1-19-17-10-13-2-6-15(17)7-3-14-5-9-16(8-4-13)18(11-14)20-12-21/h2,5-6,9-12,19H,3-4,7-8H2,1H3,(H,20,21). The first-order valence-electron chi connectivity index (χ1n) is 7.41. The fraction of sp³-hybridized carbons (Fsp3) is 0.278. The Morgan fingerprint density at radius 2 is 1.43 bits per heavy atom. The molecule has 0 fully saturated rings. The van der Waals surface area contributed by atoms with Crippen molar-refractivity contribution in [2.24, 2.45) is 0 Å². The van der Waals surface area contributed by atoms with Crippen molar-refractivity contribution in [3.63, 3.8) is 0 Å². The van der Waals surface area contributed by atoms with Gasteiger partial charge in [-0.15, -0.1) is 0 Å². The van der Waals surface area contributed by atoms with Crippen molar-refractivity contribution in [1.29, 1.82) is 0 Å². The van der Waals surface area contributed by atoms with Crippen LogP contribution in [0.2, 0.25) is 0 Å². The quantitative estimate of drug-likeness (QED) is 0.848. The van der Waals surface area contributed by atoms with Gasteiger partial charge in [-0.3, -0.25) is 4.79 Å². The summed E-state index contributed by atoms with van der Waals surface area (Å²) >= 11 is 0. The van der Waals surface area contributed by atoms with E-state index < -0.39 is 0 Å². The fourth-order valence-corrected chi connectivity index (χ4v) is 2.98. The summed E-state index contributed by atoms with van der Waals surface area (Å²) in [6, 6.07) is 13.1. The fourth-order valence-electron chi connectivity index (χ4n) is 2.98. The second-order valence-corrected chi connectivity index (χ2v) is 5.50. The molecule has 0 spiro atoms. The second kappa shape index (κ2) is 6.00. The molecule has 0 saturated carbocycles. The van der Waals surface area contributed by atoms with Crippen LogP contribution in [-0.4, -0.2) is 13.5 Å². The first-order valence-corrected chi connectivity index (χ1v) is 7.41. The van der Waals surface area contributed by atoms with E-state index >= 15 is 0 Å². The molecular formula is C18H20N2O. The number of carbonyl (C=O) groups excluding carboxylic acids is 1. The number of amides is 1. The molecular weight excluding hydrogens is 260 g/mol. The SMILES string of the molecule is CNc1cc2ccc1CCc1ccc(c(NC=O)c1)CC2. The van der Waals surface area contributed by atoms with Gasteiger partial charge >= 0.3 is 0 Å². The van der Waals surface area contributed by atoms with Crippen molar-refractivity contribution in [3.05, 3.63) is 58.7 Å². The van der Waals surface area contributed by atoms with Crippen LogP contribution in [0.4, 0.5) is 11.4 Å². The van der Waals surface area contributed by atoms with Crippen LogP contribution >= 0.6 is 0 Å². The molecule has 0 heterocycles. The average Bonchev–Trinajstić information content (AvgIpc) is 2.50. The number of benzene rings is 2. The molecule has 0 saturated heterocycles. The minimum Gasteiger partial charge on any atom is -0.388 e. The zero-order valence-corrected chi connectivity index (χ0v) is 12.3. The second-order valence-electron chi connectivity index (χ2n) is 5.50. The molecule has 0 unspecified atom stereocenters. The van der Waals surface area contributed by atoms with Gasteiger partial charge in [-0.1, -0.05) is 24.3 Å². The van der Waals surface area contributed by atoms with Gasteiger partial charge in [0.25, 0.3) is 0 Å². The molecule has 3 nitrogen and oxygen atoms in total. The lowest BCUT2D eigenvalue weighted by molar-refractivity contribution is -0.105. The van der Waals surface area contributed by atoms with Crippen molar-refractivity contribution in [2.45, 2.75) is 25.7 Å². The van der Waals surface area contributed by atoms with E-state index in [9.17, 15) is 4.79 Å². The lowest BCUT2D eigenvalue weighted by atomic mass is 9.94. The van der Waals surface area contributed by atoms with Crippen LogP contribution in [0.25, 0.3) is 0 Å². The Bertz CT molecular complexity index is 664. The average molecular weight is 280 g/mol. The van der Waals surface area contributed by atoms with Crippen LogP contribution in [0.1, 0.15) is 22.3 Å². The van der Waals surface area contributed by atoms with Gasteiger partial charge in [0, 0.05) is 18.4 Å². The summed E-state index contributed by atoms with van der Waals surface area (Å²) < 4.78 is 0. The number of anilines is 2. The van der Waals surface area contributed by atoms with Gasteiger partial charge in [-0.25, -0.2) is 0 Å². The maximum Gasteiger partial charge on any atom is 0.211 e. The van der Waals surface area contributed by atoms with Crippen molar-refractivity contribution in [1.82, 2.24) is 0 Å².